The molecule has 1 heterocycles. The highest BCUT2D eigenvalue weighted by molar-refractivity contribution is 9.10. The van der Waals surface area contributed by atoms with Crippen molar-refractivity contribution in [2.24, 2.45) is 17.3 Å². The number of anilines is 1. The monoisotopic (exact) mass is 427 g/mol. The van der Waals surface area contributed by atoms with Crippen molar-refractivity contribution in [1.82, 2.24) is 9.78 Å². The second-order valence-corrected chi connectivity index (χ2v) is 10.9. The number of aromatic nitrogens is 2. The minimum Gasteiger partial charge on any atom is -0.326 e. The first-order valence-electron chi connectivity index (χ1n) is 10.0. The Bertz CT molecular complexity index is 833. The van der Waals surface area contributed by atoms with Gasteiger partial charge in [0.2, 0.25) is 5.91 Å². The number of hydrogen-bond acceptors (Lipinski definition) is 2. The Morgan fingerprint density at radius 1 is 1.22 bits per heavy atom. The molecule has 0 spiro atoms. The van der Waals surface area contributed by atoms with E-state index in [4.69, 9.17) is 0 Å². The number of carbonyl (C=O) groups is 1. The molecule has 0 saturated heterocycles. The normalized spacial score (nSPS) is 34.0. The van der Waals surface area contributed by atoms with Gasteiger partial charge in [-0.1, -0.05) is 28.1 Å². The molecule has 4 aliphatic carbocycles. The van der Waals surface area contributed by atoms with Crippen molar-refractivity contribution in [3.8, 4) is 0 Å². The van der Waals surface area contributed by atoms with E-state index < -0.39 is 0 Å². The number of rotatable bonds is 5. The number of halogens is 1. The molecule has 4 nitrogen and oxygen atoms in total. The van der Waals surface area contributed by atoms with Crippen LogP contribution in [0.2, 0.25) is 0 Å². The third-order valence-electron chi connectivity index (χ3n) is 6.76. The zero-order valence-electron chi connectivity index (χ0n) is 15.5. The van der Waals surface area contributed by atoms with E-state index in [2.05, 4.69) is 38.5 Å². The summed E-state index contributed by atoms with van der Waals surface area (Å²) < 4.78 is 2.20. The topological polar surface area (TPSA) is 46.9 Å². The lowest BCUT2D eigenvalue weighted by Crippen LogP contribution is -2.53. The van der Waals surface area contributed by atoms with E-state index in [9.17, 15) is 4.79 Å². The quantitative estimate of drug-likeness (QED) is 0.682. The van der Waals surface area contributed by atoms with Gasteiger partial charge in [0.25, 0.3) is 0 Å². The van der Waals surface area contributed by atoms with Crippen molar-refractivity contribution in [2.45, 2.75) is 55.8 Å². The number of nitrogens with zero attached hydrogens (tertiary/aromatic N) is 2. The van der Waals surface area contributed by atoms with Crippen molar-refractivity contribution < 1.29 is 4.79 Å². The van der Waals surface area contributed by atoms with Crippen LogP contribution in [0.5, 0.6) is 0 Å². The number of amides is 1. The summed E-state index contributed by atoms with van der Waals surface area (Å²) in [5.41, 5.74) is 2.25. The zero-order chi connectivity index (χ0) is 18.5. The van der Waals surface area contributed by atoms with Crippen LogP contribution < -0.4 is 5.32 Å². The maximum Gasteiger partial charge on any atom is 0.224 e. The van der Waals surface area contributed by atoms with Crippen LogP contribution in [-0.4, -0.2) is 20.0 Å². The molecule has 6 rings (SSSR count). The van der Waals surface area contributed by atoms with Crippen molar-refractivity contribution in [1.29, 1.82) is 0 Å². The maximum atomic E-state index is 12.9. The van der Waals surface area contributed by atoms with E-state index in [0.29, 0.717) is 10.7 Å². The zero-order valence-corrected chi connectivity index (χ0v) is 17.1. The highest BCUT2D eigenvalue weighted by Crippen LogP contribution is 2.65. The molecule has 0 aliphatic heterocycles. The average Bonchev–Trinajstić information content (AvgIpc) is 3.05. The molecule has 1 amide bonds. The summed E-state index contributed by atoms with van der Waals surface area (Å²) in [4.78, 5) is 12.9. The molecule has 142 valence electrons. The van der Waals surface area contributed by atoms with Gasteiger partial charge in [-0.2, -0.15) is 5.10 Å². The van der Waals surface area contributed by atoms with Crippen LogP contribution in [0.4, 0.5) is 5.69 Å². The second kappa shape index (κ2) is 6.47. The van der Waals surface area contributed by atoms with E-state index in [0.717, 1.165) is 29.6 Å². The van der Waals surface area contributed by atoms with Gasteiger partial charge in [-0.15, -0.1) is 0 Å². The molecule has 4 bridgehead atoms. The SMILES string of the molecule is O=C(CC12CC3CC(CC(Br)(C3)C1)C2)Nc1cccc(Cn2cccn2)c1. The Balaban J connectivity index is 1.26. The lowest BCUT2D eigenvalue weighted by molar-refractivity contribution is -0.123. The molecular formula is C22H26BrN3O. The van der Waals surface area contributed by atoms with Crippen LogP contribution in [0.1, 0.15) is 50.5 Å². The Morgan fingerprint density at radius 2 is 2.04 bits per heavy atom. The summed E-state index contributed by atoms with van der Waals surface area (Å²) >= 11 is 4.05. The van der Waals surface area contributed by atoms with Crippen LogP contribution in [0.25, 0.3) is 0 Å². The number of hydrogen-bond donors (Lipinski definition) is 1. The first-order chi connectivity index (χ1) is 13.0. The fraction of sp³-hybridized carbons (Fsp3) is 0.545. The van der Waals surface area contributed by atoms with Gasteiger partial charge in [-0.05, 0) is 79.5 Å². The first kappa shape index (κ1) is 17.5. The molecule has 1 aromatic heterocycles. The van der Waals surface area contributed by atoms with Crippen molar-refractivity contribution in [2.75, 3.05) is 5.32 Å². The predicted molar refractivity (Wildman–Crippen MR) is 110 cm³/mol. The minimum absolute atomic E-state index is 0.171. The smallest absolute Gasteiger partial charge is 0.224 e. The first-order valence-corrected chi connectivity index (χ1v) is 10.8. The molecule has 2 atom stereocenters. The predicted octanol–water partition coefficient (Wildman–Crippen LogP) is 4.99. The number of nitrogens with one attached hydrogen (secondary N) is 1. The summed E-state index contributed by atoms with van der Waals surface area (Å²) in [6, 6.07) is 10.0. The van der Waals surface area contributed by atoms with Crippen molar-refractivity contribution in [3.05, 3.63) is 48.3 Å². The molecule has 1 N–H and O–H groups in total. The summed E-state index contributed by atoms with van der Waals surface area (Å²) in [7, 11) is 0. The van der Waals surface area contributed by atoms with Gasteiger partial charge in [0.05, 0.1) is 6.54 Å². The highest BCUT2D eigenvalue weighted by atomic mass is 79.9. The molecular weight excluding hydrogens is 402 g/mol. The number of alkyl halides is 1. The summed E-state index contributed by atoms with van der Waals surface area (Å²) in [6.07, 6.45) is 12.0. The van der Waals surface area contributed by atoms with Gasteiger partial charge in [0.1, 0.15) is 0 Å². The Hall–Kier alpha value is -1.62. The Morgan fingerprint density at radius 3 is 2.74 bits per heavy atom. The lowest BCUT2D eigenvalue weighted by atomic mass is 9.48. The van der Waals surface area contributed by atoms with Gasteiger partial charge in [-0.3, -0.25) is 9.48 Å². The van der Waals surface area contributed by atoms with Gasteiger partial charge < -0.3 is 5.32 Å². The maximum absolute atomic E-state index is 12.9. The summed E-state index contributed by atoms with van der Waals surface area (Å²) in [6.45, 7) is 0.718. The van der Waals surface area contributed by atoms with Crippen LogP contribution in [0.15, 0.2) is 42.7 Å². The van der Waals surface area contributed by atoms with Crippen LogP contribution in [-0.2, 0) is 11.3 Å². The second-order valence-electron chi connectivity index (χ2n) is 9.24. The third-order valence-corrected chi connectivity index (χ3v) is 7.69. The standard InChI is InChI=1S/C22H26BrN3O/c23-22-11-17-7-18(12-22)10-21(9-17,15-22)13-20(27)25-19-4-1-3-16(8-19)14-26-6-2-5-24-26/h1-6,8,17-18H,7,9-15H2,(H,25,27). The third kappa shape index (κ3) is 3.58. The fourth-order valence-corrected chi connectivity index (χ4v) is 7.93. The number of benzene rings is 1. The van der Waals surface area contributed by atoms with E-state index in [1.807, 2.05) is 29.1 Å². The van der Waals surface area contributed by atoms with E-state index >= 15 is 0 Å². The van der Waals surface area contributed by atoms with E-state index in [1.54, 1.807) is 6.20 Å². The average molecular weight is 428 g/mol. The summed E-state index contributed by atoms with van der Waals surface area (Å²) in [5.74, 6) is 1.80. The van der Waals surface area contributed by atoms with Gasteiger partial charge >= 0.3 is 0 Å². The molecule has 1 aromatic carbocycles. The van der Waals surface area contributed by atoms with Crippen LogP contribution >= 0.6 is 15.9 Å². The molecule has 2 unspecified atom stereocenters. The van der Waals surface area contributed by atoms with Crippen molar-refractivity contribution >= 4 is 27.5 Å². The number of carbonyl (C=O) groups excluding carboxylic acids is 1. The molecule has 0 radical (unpaired) electrons. The molecule has 5 heteroatoms. The molecule has 4 fully saturated rings. The van der Waals surface area contributed by atoms with Gasteiger partial charge in [0, 0.05) is 28.8 Å². The molecule has 4 aliphatic rings. The van der Waals surface area contributed by atoms with E-state index in [-0.39, 0.29) is 11.3 Å². The molecule has 4 saturated carbocycles. The highest BCUT2D eigenvalue weighted by Gasteiger charge is 2.57. The largest absolute Gasteiger partial charge is 0.326 e. The molecule has 2 aromatic rings. The van der Waals surface area contributed by atoms with Crippen LogP contribution in [0, 0.1) is 17.3 Å². The van der Waals surface area contributed by atoms with E-state index in [1.165, 1.54) is 38.5 Å². The fourth-order valence-electron chi connectivity index (χ4n) is 6.42. The lowest BCUT2D eigenvalue weighted by Gasteiger charge is -2.60. The van der Waals surface area contributed by atoms with Crippen molar-refractivity contribution in [3.63, 3.8) is 0 Å². The van der Waals surface area contributed by atoms with Crippen LogP contribution in [0.3, 0.4) is 0 Å². The van der Waals surface area contributed by atoms with Gasteiger partial charge in [-0.25, -0.2) is 0 Å². The van der Waals surface area contributed by atoms with Gasteiger partial charge in [0.15, 0.2) is 0 Å². The molecule has 27 heavy (non-hydrogen) atoms. The Kier molecular flexibility index (Phi) is 4.19. The Labute approximate surface area is 168 Å². The summed E-state index contributed by atoms with van der Waals surface area (Å²) in [5, 5.41) is 7.42. The minimum atomic E-state index is 0.171.